The van der Waals surface area contributed by atoms with Crippen molar-refractivity contribution in [3.8, 4) is 0 Å². The number of carbonyl (C=O) groups excluding carboxylic acids is 1. The van der Waals surface area contributed by atoms with Crippen LogP contribution in [0, 0.1) is 0 Å². The van der Waals surface area contributed by atoms with Crippen molar-refractivity contribution < 1.29 is 4.79 Å². The van der Waals surface area contributed by atoms with E-state index in [-0.39, 0.29) is 11.9 Å². The van der Waals surface area contributed by atoms with Crippen molar-refractivity contribution in [2.24, 2.45) is 0 Å². The normalized spacial score (nSPS) is 16.5. The molecule has 7 heteroatoms. The molecule has 0 radical (unpaired) electrons. The Kier molecular flexibility index (Phi) is 2.58. The Morgan fingerprint density at radius 3 is 3.17 bits per heavy atom. The third kappa shape index (κ3) is 2.11. The molecule has 18 heavy (non-hydrogen) atoms. The zero-order valence-electron chi connectivity index (χ0n) is 10.00. The van der Waals surface area contributed by atoms with E-state index in [1.165, 1.54) is 0 Å². The number of carbonyl (C=O) groups is 1. The highest BCUT2D eigenvalue weighted by Crippen LogP contribution is 2.19. The summed E-state index contributed by atoms with van der Waals surface area (Å²) >= 11 is 0. The second-order valence-electron chi connectivity index (χ2n) is 4.49. The summed E-state index contributed by atoms with van der Waals surface area (Å²) < 4.78 is 1.75. The molecule has 0 spiro atoms. The van der Waals surface area contributed by atoms with E-state index in [1.54, 1.807) is 30.0 Å². The summed E-state index contributed by atoms with van der Waals surface area (Å²) in [4.78, 5) is 16.0. The summed E-state index contributed by atoms with van der Waals surface area (Å²) in [5, 5.41) is 13.8. The van der Waals surface area contributed by atoms with Gasteiger partial charge in [0.1, 0.15) is 12.4 Å². The minimum atomic E-state index is -0.346. The highest BCUT2D eigenvalue weighted by Gasteiger charge is 2.25. The first kappa shape index (κ1) is 10.9. The zero-order valence-corrected chi connectivity index (χ0v) is 10.00. The average molecular weight is 246 g/mol. The first-order valence-corrected chi connectivity index (χ1v) is 5.95. The summed E-state index contributed by atoms with van der Waals surface area (Å²) in [6.45, 7) is 1.80. The molecule has 2 aromatic rings. The lowest BCUT2D eigenvalue weighted by Gasteiger charge is -2.14. The first-order valence-electron chi connectivity index (χ1n) is 5.95. The molecule has 2 aromatic heterocycles. The molecule has 1 aliphatic carbocycles. The van der Waals surface area contributed by atoms with Crippen LogP contribution in [-0.4, -0.2) is 37.6 Å². The van der Waals surface area contributed by atoms with Gasteiger partial charge in [0.05, 0.1) is 0 Å². The van der Waals surface area contributed by atoms with Gasteiger partial charge in [0.15, 0.2) is 5.82 Å². The monoisotopic (exact) mass is 246 g/mol. The number of aromatic nitrogens is 4. The minimum Gasteiger partial charge on any atom is -0.355 e. The predicted molar refractivity (Wildman–Crippen MR) is 65.0 cm³/mol. The van der Waals surface area contributed by atoms with Gasteiger partial charge in [-0.1, -0.05) is 0 Å². The van der Waals surface area contributed by atoms with E-state index >= 15 is 0 Å². The van der Waals surface area contributed by atoms with E-state index in [9.17, 15) is 4.79 Å². The van der Waals surface area contributed by atoms with Crippen molar-refractivity contribution in [1.82, 2.24) is 24.9 Å². The lowest BCUT2D eigenvalue weighted by atomic mass is 10.3. The number of nitrogens with one attached hydrogen (secondary N) is 2. The summed E-state index contributed by atoms with van der Waals surface area (Å²) in [7, 11) is 0. The largest absolute Gasteiger partial charge is 0.355 e. The van der Waals surface area contributed by atoms with Crippen LogP contribution in [0.4, 0.5) is 5.82 Å². The summed E-state index contributed by atoms with van der Waals surface area (Å²) in [5.74, 6) is 0.550. The number of fused-ring (bicyclic) bond motifs is 1. The fraction of sp³-hybridized carbons (Fsp3) is 0.455. The smallest absolute Gasteiger partial charge is 0.242 e. The molecule has 0 aromatic carbocycles. The topological polar surface area (TPSA) is 84.2 Å². The molecule has 1 aliphatic rings. The molecule has 0 aliphatic heterocycles. The summed E-state index contributed by atoms with van der Waals surface area (Å²) in [6, 6.07) is 0.0135. The van der Waals surface area contributed by atoms with Crippen molar-refractivity contribution in [2.75, 3.05) is 5.32 Å². The second-order valence-corrected chi connectivity index (χ2v) is 4.49. The molecule has 94 valence electrons. The molecule has 0 bridgehead atoms. The number of rotatable bonds is 4. The molecule has 0 saturated heterocycles. The highest BCUT2D eigenvalue weighted by atomic mass is 16.2. The van der Waals surface area contributed by atoms with Crippen molar-refractivity contribution in [1.29, 1.82) is 0 Å². The van der Waals surface area contributed by atoms with E-state index in [2.05, 4.69) is 25.8 Å². The Hall–Kier alpha value is -2.18. The van der Waals surface area contributed by atoms with Crippen LogP contribution in [-0.2, 0) is 4.79 Å². The van der Waals surface area contributed by atoms with Gasteiger partial charge in [0.25, 0.3) is 0 Å². The molecule has 7 nitrogen and oxygen atoms in total. The number of anilines is 1. The molecule has 3 rings (SSSR count). The summed E-state index contributed by atoms with van der Waals surface area (Å²) in [6.07, 6.45) is 7.16. The van der Waals surface area contributed by atoms with Crippen molar-refractivity contribution in [3.05, 3.63) is 18.7 Å². The van der Waals surface area contributed by atoms with Crippen LogP contribution in [0.3, 0.4) is 0 Å². The molecule has 2 heterocycles. The van der Waals surface area contributed by atoms with Crippen LogP contribution >= 0.6 is 0 Å². The summed E-state index contributed by atoms with van der Waals surface area (Å²) in [5.41, 5.74) is 0.614. The van der Waals surface area contributed by atoms with Crippen molar-refractivity contribution in [3.63, 3.8) is 0 Å². The Labute approximate surface area is 104 Å². The van der Waals surface area contributed by atoms with Gasteiger partial charge in [0.2, 0.25) is 11.6 Å². The third-order valence-corrected chi connectivity index (χ3v) is 2.89. The number of nitrogens with zero attached hydrogens (tertiary/aromatic N) is 4. The van der Waals surface area contributed by atoms with Crippen molar-refractivity contribution in [2.45, 2.75) is 31.8 Å². The van der Waals surface area contributed by atoms with Crippen LogP contribution in [0.2, 0.25) is 0 Å². The van der Waals surface area contributed by atoms with E-state index in [4.69, 9.17) is 0 Å². The van der Waals surface area contributed by atoms with Gasteiger partial charge in [-0.15, -0.1) is 10.2 Å². The Morgan fingerprint density at radius 1 is 1.56 bits per heavy atom. The average Bonchev–Trinajstić information content (AvgIpc) is 3.04. The van der Waals surface area contributed by atoms with Gasteiger partial charge < -0.3 is 10.6 Å². The van der Waals surface area contributed by atoms with Crippen LogP contribution in [0.1, 0.15) is 19.8 Å². The maximum Gasteiger partial charge on any atom is 0.242 e. The van der Waals surface area contributed by atoms with Gasteiger partial charge in [-0.3, -0.25) is 9.20 Å². The van der Waals surface area contributed by atoms with Gasteiger partial charge in [-0.05, 0) is 19.8 Å². The van der Waals surface area contributed by atoms with Crippen molar-refractivity contribution >= 4 is 17.4 Å². The number of hydrogen-bond donors (Lipinski definition) is 2. The van der Waals surface area contributed by atoms with Crippen LogP contribution in [0.5, 0.6) is 0 Å². The fourth-order valence-electron chi connectivity index (χ4n) is 1.68. The van der Waals surface area contributed by atoms with E-state index in [1.807, 2.05) is 0 Å². The maximum atomic E-state index is 11.8. The molecule has 1 saturated carbocycles. The van der Waals surface area contributed by atoms with Gasteiger partial charge in [0, 0.05) is 18.4 Å². The molecule has 2 N–H and O–H groups in total. The van der Waals surface area contributed by atoms with Crippen LogP contribution in [0.25, 0.3) is 5.65 Å². The third-order valence-electron chi connectivity index (χ3n) is 2.89. The van der Waals surface area contributed by atoms with Crippen LogP contribution in [0.15, 0.2) is 18.7 Å². The van der Waals surface area contributed by atoms with E-state index in [0.717, 1.165) is 12.8 Å². The Balaban J connectivity index is 1.74. The maximum absolute atomic E-state index is 11.8. The molecular formula is C11H14N6O. The number of amides is 1. The predicted octanol–water partition coefficient (Wildman–Crippen LogP) is 0.203. The minimum absolute atomic E-state index is 0.0131. The highest BCUT2D eigenvalue weighted by molar-refractivity contribution is 5.85. The zero-order chi connectivity index (χ0) is 12.5. The SMILES string of the molecule is CC(Nc1nccn2cnnc12)C(=O)NC1CC1. The van der Waals surface area contributed by atoms with Crippen LogP contribution < -0.4 is 10.6 Å². The van der Waals surface area contributed by atoms with Gasteiger partial charge in [-0.25, -0.2) is 4.98 Å². The lowest BCUT2D eigenvalue weighted by molar-refractivity contribution is -0.121. The Morgan fingerprint density at radius 2 is 2.39 bits per heavy atom. The fourth-order valence-corrected chi connectivity index (χ4v) is 1.68. The van der Waals surface area contributed by atoms with Gasteiger partial charge in [-0.2, -0.15) is 0 Å². The molecule has 1 amide bonds. The van der Waals surface area contributed by atoms with Gasteiger partial charge >= 0.3 is 0 Å². The standard InChI is InChI=1S/C11H14N6O/c1-7(11(18)15-8-2-3-8)14-9-10-16-13-6-17(10)5-4-12-9/h4-8H,2-3H2,1H3,(H,12,14)(H,15,18). The molecule has 1 atom stereocenters. The van der Waals surface area contributed by atoms with E-state index < -0.39 is 0 Å². The number of hydrogen-bond acceptors (Lipinski definition) is 5. The Bertz CT molecular complexity index is 576. The molecule has 1 unspecified atom stereocenters. The lowest BCUT2D eigenvalue weighted by Crippen LogP contribution is -2.38. The van der Waals surface area contributed by atoms with E-state index in [0.29, 0.717) is 17.5 Å². The quantitative estimate of drug-likeness (QED) is 0.805. The second kappa shape index (κ2) is 4.25. The molecular weight excluding hydrogens is 232 g/mol. The molecule has 1 fully saturated rings. The first-order chi connectivity index (χ1) is 8.74.